The fourth-order valence-electron chi connectivity index (χ4n) is 2.35. The summed E-state index contributed by atoms with van der Waals surface area (Å²) < 4.78 is 1.75. The number of nitrogens with two attached hydrogens (primary N) is 3. The number of imidazole rings is 1. The Bertz CT molecular complexity index is 838. The van der Waals surface area contributed by atoms with Gasteiger partial charge in [0.25, 0.3) is 0 Å². The van der Waals surface area contributed by atoms with E-state index in [-0.39, 0.29) is 11.3 Å². The van der Waals surface area contributed by atoms with Crippen molar-refractivity contribution in [3.8, 4) is 0 Å². The fraction of sp³-hybridized carbons (Fsp3) is 0.222. The van der Waals surface area contributed by atoms with E-state index >= 15 is 0 Å². The summed E-state index contributed by atoms with van der Waals surface area (Å²) in [7, 11) is 1.79. The third kappa shape index (κ3) is 4.79. The van der Waals surface area contributed by atoms with Gasteiger partial charge in [-0.3, -0.25) is 4.79 Å². The smallest absolute Gasteiger partial charge is 0.248 e. The van der Waals surface area contributed by atoms with Crippen molar-refractivity contribution in [1.82, 2.24) is 9.55 Å². The van der Waals surface area contributed by atoms with Crippen LogP contribution in [0.15, 0.2) is 41.3 Å². The third-order valence-corrected chi connectivity index (χ3v) is 3.65. The molecule has 26 heavy (non-hydrogen) atoms. The molecule has 0 bridgehead atoms. The molecule has 0 unspecified atom stereocenters. The minimum Gasteiger partial charge on any atom is -0.398 e. The number of carbonyl (C=O) groups is 1. The van der Waals surface area contributed by atoms with Crippen LogP contribution in [0.3, 0.4) is 0 Å². The zero-order chi connectivity index (χ0) is 19.9. The molecule has 138 valence electrons. The second kappa shape index (κ2) is 9.16. The van der Waals surface area contributed by atoms with Crippen molar-refractivity contribution in [2.45, 2.75) is 20.3 Å². The molecule has 0 radical (unpaired) electrons. The van der Waals surface area contributed by atoms with E-state index in [1.807, 2.05) is 6.92 Å². The highest BCUT2D eigenvalue weighted by Crippen LogP contribution is 2.21. The summed E-state index contributed by atoms with van der Waals surface area (Å²) in [6.45, 7) is 3.66. The summed E-state index contributed by atoms with van der Waals surface area (Å²) in [6.07, 6.45) is 9.12. The number of nitrogens with zero attached hydrogens (tertiary/aromatic N) is 2. The molecule has 1 rings (SSSR count). The van der Waals surface area contributed by atoms with E-state index in [2.05, 4.69) is 4.98 Å². The molecule has 0 saturated carbocycles. The maximum Gasteiger partial charge on any atom is 0.248 e. The van der Waals surface area contributed by atoms with E-state index in [1.165, 1.54) is 12.2 Å². The predicted octanol–water partition coefficient (Wildman–Crippen LogP) is 1.46. The van der Waals surface area contributed by atoms with E-state index < -0.39 is 5.91 Å². The Morgan fingerprint density at radius 2 is 1.96 bits per heavy atom. The number of hydrogen-bond acceptors (Lipinski definition) is 6. The second-order valence-electron chi connectivity index (χ2n) is 5.56. The zero-order valence-corrected chi connectivity index (χ0v) is 15.2. The van der Waals surface area contributed by atoms with Crippen molar-refractivity contribution in [1.29, 1.82) is 10.8 Å². The van der Waals surface area contributed by atoms with Crippen LogP contribution in [0.5, 0.6) is 0 Å². The van der Waals surface area contributed by atoms with Crippen LogP contribution in [-0.2, 0) is 11.8 Å². The molecule has 1 aromatic rings. The van der Waals surface area contributed by atoms with Crippen LogP contribution in [0.4, 0.5) is 0 Å². The molecule has 0 saturated heterocycles. The second-order valence-corrected chi connectivity index (χ2v) is 5.56. The van der Waals surface area contributed by atoms with Gasteiger partial charge >= 0.3 is 0 Å². The molecule has 0 aliphatic carbocycles. The van der Waals surface area contributed by atoms with Gasteiger partial charge in [-0.25, -0.2) is 4.98 Å². The van der Waals surface area contributed by atoms with Gasteiger partial charge in [0.05, 0.1) is 5.70 Å². The Kier molecular flexibility index (Phi) is 7.27. The quantitative estimate of drug-likeness (QED) is 0.271. The minimum absolute atomic E-state index is 0.239. The lowest BCUT2D eigenvalue weighted by molar-refractivity contribution is -0.114. The van der Waals surface area contributed by atoms with Gasteiger partial charge in [0.2, 0.25) is 5.91 Å². The summed E-state index contributed by atoms with van der Waals surface area (Å²) in [6, 6.07) is 0. The van der Waals surface area contributed by atoms with Crippen molar-refractivity contribution < 1.29 is 4.79 Å². The van der Waals surface area contributed by atoms with E-state index in [4.69, 9.17) is 28.0 Å². The van der Waals surface area contributed by atoms with Crippen molar-refractivity contribution in [2.24, 2.45) is 24.2 Å². The van der Waals surface area contributed by atoms with Gasteiger partial charge in [-0.05, 0) is 25.5 Å². The summed E-state index contributed by atoms with van der Waals surface area (Å²) in [5.41, 5.74) is 19.8. The molecule has 0 spiro atoms. The van der Waals surface area contributed by atoms with Gasteiger partial charge in [-0.1, -0.05) is 13.0 Å². The molecule has 0 fully saturated rings. The number of hydrogen-bond donors (Lipinski definition) is 5. The highest BCUT2D eigenvalue weighted by atomic mass is 16.1. The van der Waals surface area contributed by atoms with E-state index in [9.17, 15) is 4.79 Å². The zero-order valence-electron chi connectivity index (χ0n) is 15.2. The molecular weight excluding hydrogens is 330 g/mol. The lowest BCUT2D eigenvalue weighted by atomic mass is 10.0. The first-order valence-corrected chi connectivity index (χ1v) is 7.95. The van der Waals surface area contributed by atoms with Crippen molar-refractivity contribution in [2.75, 3.05) is 0 Å². The van der Waals surface area contributed by atoms with Gasteiger partial charge < -0.3 is 32.6 Å². The van der Waals surface area contributed by atoms with Gasteiger partial charge in [-0.2, -0.15) is 0 Å². The SMILES string of the molecule is CC/C=C(/C=C(N)\C(C=N)=C(/C)c1nc(/C(N)=C/C=N)cn1C)C(N)=O. The topological polar surface area (TPSA) is 161 Å². The third-order valence-electron chi connectivity index (χ3n) is 3.65. The fourth-order valence-corrected chi connectivity index (χ4v) is 2.35. The van der Waals surface area contributed by atoms with E-state index in [1.54, 1.807) is 30.8 Å². The standard InChI is InChI=1S/C18H25N7O/c1-4-5-12(17(23)26)8-15(22)13(9-20)11(2)18-24-16(10-25(18)3)14(21)6-7-19/h5-10,19-20H,4,21-22H2,1-3H3,(H2,23,26)/b12-5-,13-11+,14-6-,15-8+,19-7?,20-9?. The number of nitrogens with one attached hydrogen (secondary N) is 2. The summed E-state index contributed by atoms with van der Waals surface area (Å²) in [5.74, 6) is -0.0168. The number of aromatic nitrogens is 2. The Morgan fingerprint density at radius 1 is 1.31 bits per heavy atom. The average molecular weight is 355 g/mol. The van der Waals surface area contributed by atoms with Crippen LogP contribution in [0, 0.1) is 10.8 Å². The van der Waals surface area contributed by atoms with Crippen molar-refractivity contribution >= 4 is 29.6 Å². The first-order chi connectivity index (χ1) is 12.3. The first kappa shape index (κ1) is 20.6. The van der Waals surface area contributed by atoms with Crippen LogP contribution in [0.1, 0.15) is 31.8 Å². The molecule has 1 heterocycles. The van der Waals surface area contributed by atoms with Crippen molar-refractivity contribution in [3.63, 3.8) is 0 Å². The van der Waals surface area contributed by atoms with Gasteiger partial charge in [0.15, 0.2) is 0 Å². The molecule has 8 heteroatoms. The van der Waals surface area contributed by atoms with Crippen molar-refractivity contribution in [3.05, 3.63) is 52.8 Å². The van der Waals surface area contributed by atoms with Crippen LogP contribution < -0.4 is 17.2 Å². The number of primary amides is 1. The van der Waals surface area contributed by atoms with E-state index in [0.717, 1.165) is 12.4 Å². The monoisotopic (exact) mass is 355 g/mol. The molecule has 0 aliphatic heterocycles. The number of aryl methyl sites for hydroxylation is 1. The summed E-state index contributed by atoms with van der Waals surface area (Å²) >= 11 is 0. The first-order valence-electron chi connectivity index (χ1n) is 7.95. The number of amides is 1. The molecule has 0 atom stereocenters. The lowest BCUT2D eigenvalue weighted by Crippen LogP contribution is -2.15. The molecule has 1 aromatic heterocycles. The number of allylic oxidation sites excluding steroid dienone is 4. The average Bonchev–Trinajstić information content (AvgIpc) is 2.97. The predicted molar refractivity (Wildman–Crippen MR) is 105 cm³/mol. The van der Waals surface area contributed by atoms with E-state index in [0.29, 0.717) is 34.8 Å². The Labute approximate surface area is 152 Å². The molecule has 8 nitrogen and oxygen atoms in total. The summed E-state index contributed by atoms with van der Waals surface area (Å²) in [5, 5.41) is 14.8. The minimum atomic E-state index is -0.583. The van der Waals surface area contributed by atoms with Gasteiger partial charge in [0, 0.05) is 48.1 Å². The Morgan fingerprint density at radius 3 is 2.46 bits per heavy atom. The highest BCUT2D eigenvalue weighted by Gasteiger charge is 2.14. The number of rotatable bonds is 8. The maximum atomic E-state index is 11.5. The molecule has 0 aromatic carbocycles. The molecular formula is C18H25N7O. The van der Waals surface area contributed by atoms with Crippen LogP contribution >= 0.6 is 0 Å². The maximum absolute atomic E-state index is 11.5. The Balaban J connectivity index is 3.46. The van der Waals surface area contributed by atoms with Crippen LogP contribution in [0.2, 0.25) is 0 Å². The van der Waals surface area contributed by atoms with Crippen LogP contribution in [0.25, 0.3) is 11.3 Å². The Hall–Kier alpha value is -3.42. The molecule has 1 amide bonds. The van der Waals surface area contributed by atoms with Gasteiger partial charge in [0.1, 0.15) is 11.5 Å². The molecule has 0 aliphatic rings. The number of carbonyl (C=O) groups excluding carboxylic acids is 1. The largest absolute Gasteiger partial charge is 0.398 e. The van der Waals surface area contributed by atoms with Crippen LogP contribution in [-0.4, -0.2) is 27.9 Å². The highest BCUT2D eigenvalue weighted by molar-refractivity contribution is 5.97. The normalized spacial score (nSPS) is 14.0. The molecule has 8 N–H and O–H groups in total. The van der Waals surface area contributed by atoms with Gasteiger partial charge in [-0.15, -0.1) is 0 Å². The lowest BCUT2D eigenvalue weighted by Gasteiger charge is -2.09. The summed E-state index contributed by atoms with van der Waals surface area (Å²) in [4.78, 5) is 15.9.